The van der Waals surface area contributed by atoms with E-state index in [2.05, 4.69) is 45.2 Å². The lowest BCUT2D eigenvalue weighted by Gasteiger charge is -2.29. The van der Waals surface area contributed by atoms with E-state index in [1.165, 1.54) is 30.0 Å². The van der Waals surface area contributed by atoms with Gasteiger partial charge < -0.3 is 4.90 Å². The summed E-state index contributed by atoms with van der Waals surface area (Å²) in [6.07, 6.45) is 12.0. The van der Waals surface area contributed by atoms with Gasteiger partial charge in [-0.1, -0.05) is 110 Å². The number of nitrogens with zero attached hydrogens (tertiary/aromatic N) is 1. The standard InChI is InChI=1S/C25H30F3NS.C6H14.C2H6/c1-6-29-16-17-30-23(29)13-11-9-7-8-10-12-20(3)24(4,5)22-18-21(25(26,27)28)15-14-19(22)2;1-4-5-6(2)3;1-2/h7-15,18H,3,6,16-17H2,1-2,4-5H3;6H,4-5H2,1-3H3;1-2H3/b8-7+,11-9+,12-10+,23-13-;;. The fraction of sp³-hybridized carbons (Fsp3) is 0.515. The van der Waals surface area contributed by atoms with E-state index in [-0.39, 0.29) is 0 Å². The highest BCUT2D eigenvalue weighted by atomic mass is 32.2. The van der Waals surface area contributed by atoms with E-state index >= 15 is 0 Å². The number of alkyl halides is 3. The molecule has 0 atom stereocenters. The monoisotopic (exact) mass is 549 g/mol. The quantitative estimate of drug-likeness (QED) is 0.282. The first-order valence-corrected chi connectivity index (χ1v) is 14.8. The van der Waals surface area contributed by atoms with Crippen LogP contribution in [0.4, 0.5) is 13.2 Å². The van der Waals surface area contributed by atoms with Crippen molar-refractivity contribution < 1.29 is 13.2 Å². The van der Waals surface area contributed by atoms with Crippen LogP contribution < -0.4 is 0 Å². The average Bonchev–Trinajstić information content (AvgIpc) is 3.31. The molecule has 1 saturated heterocycles. The number of benzene rings is 1. The number of rotatable bonds is 9. The molecule has 0 aromatic heterocycles. The zero-order valence-corrected chi connectivity index (χ0v) is 25.9. The molecule has 1 aromatic rings. The van der Waals surface area contributed by atoms with Crippen LogP contribution in [-0.2, 0) is 11.6 Å². The minimum atomic E-state index is -4.36. The molecule has 0 saturated carbocycles. The molecular weight excluding hydrogens is 499 g/mol. The van der Waals surface area contributed by atoms with E-state index in [4.69, 9.17) is 0 Å². The molecule has 0 aliphatic carbocycles. The molecule has 1 nitrogen and oxygen atoms in total. The minimum absolute atomic E-state index is 0.612. The van der Waals surface area contributed by atoms with Gasteiger partial charge in [-0.25, -0.2) is 0 Å². The van der Waals surface area contributed by atoms with E-state index < -0.39 is 17.2 Å². The van der Waals surface area contributed by atoms with Crippen LogP contribution in [0.2, 0.25) is 0 Å². The average molecular weight is 550 g/mol. The van der Waals surface area contributed by atoms with Crippen molar-refractivity contribution in [3.05, 3.63) is 94.6 Å². The Morgan fingerprint density at radius 2 is 1.66 bits per heavy atom. The molecular formula is C33H50F3NS. The van der Waals surface area contributed by atoms with Gasteiger partial charge in [0, 0.05) is 24.3 Å². The third-order valence-corrected chi connectivity index (χ3v) is 7.27. The highest BCUT2D eigenvalue weighted by Gasteiger charge is 2.33. The normalized spacial score (nSPS) is 15.4. The van der Waals surface area contributed by atoms with Crippen molar-refractivity contribution in [3.8, 4) is 0 Å². The third-order valence-electron chi connectivity index (χ3n) is 6.19. The highest BCUT2D eigenvalue weighted by molar-refractivity contribution is 8.03. The van der Waals surface area contributed by atoms with Crippen LogP contribution in [0.3, 0.4) is 0 Å². The summed E-state index contributed by atoms with van der Waals surface area (Å²) in [5.41, 5.74) is 0.965. The summed E-state index contributed by atoms with van der Waals surface area (Å²) in [4.78, 5) is 2.35. The Labute approximate surface area is 235 Å². The van der Waals surface area contributed by atoms with Gasteiger partial charge in [0.25, 0.3) is 0 Å². The van der Waals surface area contributed by atoms with Crippen LogP contribution >= 0.6 is 11.8 Å². The Bertz CT molecular complexity index is 949. The summed E-state index contributed by atoms with van der Waals surface area (Å²) in [7, 11) is 0. The van der Waals surface area contributed by atoms with Crippen molar-refractivity contribution in [1.29, 1.82) is 0 Å². The van der Waals surface area contributed by atoms with Crippen LogP contribution in [-0.4, -0.2) is 23.7 Å². The summed E-state index contributed by atoms with van der Waals surface area (Å²) in [5.74, 6) is 2.03. The number of allylic oxidation sites excluding steroid dienone is 8. The fourth-order valence-electron chi connectivity index (χ4n) is 3.86. The summed E-state index contributed by atoms with van der Waals surface area (Å²) in [6.45, 7) is 24.7. The van der Waals surface area contributed by atoms with Gasteiger partial charge in [0.1, 0.15) is 0 Å². The van der Waals surface area contributed by atoms with Crippen LogP contribution in [0.1, 0.15) is 84.9 Å². The summed E-state index contributed by atoms with van der Waals surface area (Å²) >= 11 is 1.87. The van der Waals surface area contributed by atoms with Gasteiger partial charge in [0.05, 0.1) is 10.6 Å². The van der Waals surface area contributed by atoms with E-state index in [1.807, 2.05) is 82.8 Å². The van der Waals surface area contributed by atoms with Gasteiger partial charge >= 0.3 is 6.18 Å². The van der Waals surface area contributed by atoms with Crippen molar-refractivity contribution in [2.24, 2.45) is 5.92 Å². The van der Waals surface area contributed by atoms with Crippen LogP contribution in [0, 0.1) is 12.8 Å². The molecule has 214 valence electrons. The zero-order chi connectivity index (χ0) is 29.4. The minimum Gasteiger partial charge on any atom is -0.366 e. The molecule has 0 radical (unpaired) electrons. The molecule has 1 heterocycles. The lowest BCUT2D eigenvalue weighted by molar-refractivity contribution is -0.137. The van der Waals surface area contributed by atoms with Crippen molar-refractivity contribution in [3.63, 3.8) is 0 Å². The number of aryl methyl sites for hydroxylation is 1. The molecule has 0 spiro atoms. The molecule has 0 amide bonds. The van der Waals surface area contributed by atoms with Crippen LogP contribution in [0.25, 0.3) is 0 Å². The lowest BCUT2D eigenvalue weighted by Crippen LogP contribution is -2.21. The largest absolute Gasteiger partial charge is 0.416 e. The van der Waals surface area contributed by atoms with E-state index in [9.17, 15) is 13.2 Å². The summed E-state index contributed by atoms with van der Waals surface area (Å²) in [6, 6.07) is 3.89. The topological polar surface area (TPSA) is 3.24 Å². The number of halogens is 3. The smallest absolute Gasteiger partial charge is 0.366 e. The van der Waals surface area contributed by atoms with Crippen LogP contribution in [0.5, 0.6) is 0 Å². The first kappa shape index (κ1) is 35.9. The molecule has 1 aliphatic rings. The SMILES string of the molecule is C=C(/C=C/C=C/C=C/C=C1\SCCN1CC)C(C)(C)c1cc(C(F)(F)F)ccc1C.CC.CCCC(C)C. The van der Waals surface area contributed by atoms with E-state index in [0.29, 0.717) is 5.56 Å². The predicted octanol–water partition coefficient (Wildman–Crippen LogP) is 10.9. The third kappa shape index (κ3) is 12.6. The predicted molar refractivity (Wildman–Crippen MR) is 165 cm³/mol. The van der Waals surface area contributed by atoms with Gasteiger partial charge in [0.2, 0.25) is 0 Å². The summed E-state index contributed by atoms with van der Waals surface area (Å²) < 4.78 is 39.4. The van der Waals surface area contributed by atoms with Gasteiger partial charge in [-0.2, -0.15) is 13.2 Å². The molecule has 0 bridgehead atoms. The Morgan fingerprint density at radius 1 is 1.05 bits per heavy atom. The second-order valence-electron chi connectivity index (χ2n) is 9.92. The molecule has 1 fully saturated rings. The highest BCUT2D eigenvalue weighted by Crippen LogP contribution is 2.37. The molecule has 2 rings (SSSR count). The Balaban J connectivity index is 0.00000150. The van der Waals surface area contributed by atoms with E-state index in [1.54, 1.807) is 0 Å². The Morgan fingerprint density at radius 3 is 2.18 bits per heavy atom. The lowest BCUT2D eigenvalue weighted by atomic mass is 9.75. The maximum absolute atomic E-state index is 13.1. The molecule has 0 unspecified atom stereocenters. The number of hydrogen-bond donors (Lipinski definition) is 0. The maximum Gasteiger partial charge on any atom is 0.416 e. The van der Waals surface area contributed by atoms with Gasteiger partial charge in [0.15, 0.2) is 0 Å². The van der Waals surface area contributed by atoms with Gasteiger partial charge in [-0.05, 0) is 54.7 Å². The second-order valence-corrected chi connectivity index (χ2v) is 11.0. The molecule has 0 N–H and O–H groups in total. The molecule has 1 aromatic carbocycles. The molecule has 1 aliphatic heterocycles. The van der Waals surface area contributed by atoms with Crippen molar-refractivity contribution in [2.45, 2.75) is 86.7 Å². The van der Waals surface area contributed by atoms with E-state index in [0.717, 1.165) is 42.0 Å². The second kappa shape index (κ2) is 18.2. The first-order chi connectivity index (χ1) is 17.8. The summed E-state index contributed by atoms with van der Waals surface area (Å²) in [5, 5.41) is 1.30. The van der Waals surface area contributed by atoms with Crippen molar-refractivity contribution in [1.82, 2.24) is 4.90 Å². The molecule has 38 heavy (non-hydrogen) atoms. The van der Waals surface area contributed by atoms with Gasteiger partial charge in [-0.15, -0.1) is 11.8 Å². The van der Waals surface area contributed by atoms with Crippen molar-refractivity contribution >= 4 is 11.8 Å². The zero-order valence-electron chi connectivity index (χ0n) is 25.1. The maximum atomic E-state index is 13.1. The Kier molecular flexibility index (Phi) is 17.2. The molecule has 5 heteroatoms. The fourth-order valence-corrected chi connectivity index (χ4v) is 4.96. The number of hydrogen-bond acceptors (Lipinski definition) is 2. The van der Waals surface area contributed by atoms with Gasteiger partial charge in [-0.3, -0.25) is 0 Å². The Hall–Kier alpha value is -2.14. The number of thioether (sulfide) groups is 1. The first-order valence-electron chi connectivity index (χ1n) is 13.8. The van der Waals surface area contributed by atoms with Crippen molar-refractivity contribution in [2.75, 3.05) is 18.8 Å². The van der Waals surface area contributed by atoms with Crippen LogP contribution in [0.15, 0.2) is 77.9 Å².